The van der Waals surface area contributed by atoms with Gasteiger partial charge in [0.2, 0.25) is 0 Å². The van der Waals surface area contributed by atoms with E-state index in [1.54, 1.807) is 0 Å². The lowest BCUT2D eigenvalue weighted by Gasteiger charge is -2.48. The normalized spacial score (nSPS) is 29.9. The Kier molecular flexibility index (Phi) is 3.12. The van der Waals surface area contributed by atoms with Crippen LogP contribution >= 0.6 is 0 Å². The Hall–Kier alpha value is -0.860. The molecular formula is C18H24O2. The Morgan fingerprint density at radius 3 is 2.75 bits per heavy atom. The Bertz CT molecular complexity index is 488. The molecule has 2 heteroatoms. The molecule has 1 aliphatic heterocycles. The number of hydrogen-bond acceptors (Lipinski definition) is 2. The Morgan fingerprint density at radius 2 is 2.05 bits per heavy atom. The summed E-state index contributed by atoms with van der Waals surface area (Å²) in [6.45, 7) is 0.823. The van der Waals surface area contributed by atoms with Gasteiger partial charge in [0.05, 0.1) is 11.7 Å². The molecule has 1 aromatic rings. The van der Waals surface area contributed by atoms with Crippen LogP contribution in [0.15, 0.2) is 24.3 Å². The van der Waals surface area contributed by atoms with Gasteiger partial charge < -0.3 is 9.84 Å². The van der Waals surface area contributed by atoms with E-state index in [4.69, 9.17) is 4.74 Å². The third-order valence-electron chi connectivity index (χ3n) is 5.54. The van der Waals surface area contributed by atoms with E-state index in [9.17, 15) is 5.11 Å². The molecule has 0 bridgehead atoms. The maximum absolute atomic E-state index is 10.8. The van der Waals surface area contributed by atoms with E-state index in [-0.39, 0.29) is 11.7 Å². The number of rotatable bonds is 3. The minimum atomic E-state index is -0.310. The van der Waals surface area contributed by atoms with Crippen LogP contribution in [0.4, 0.5) is 0 Å². The first-order valence-electron chi connectivity index (χ1n) is 8.18. The second-order valence-electron chi connectivity index (χ2n) is 7.03. The van der Waals surface area contributed by atoms with Gasteiger partial charge in [-0.15, -0.1) is 0 Å². The predicted octanol–water partition coefficient (Wildman–Crippen LogP) is 3.95. The Labute approximate surface area is 121 Å². The Balaban J connectivity index is 1.50. The summed E-state index contributed by atoms with van der Waals surface area (Å²) < 4.78 is 5.98. The van der Waals surface area contributed by atoms with Gasteiger partial charge in [-0.2, -0.15) is 0 Å². The molecule has 2 unspecified atom stereocenters. The molecule has 0 amide bonds. The maximum Gasteiger partial charge on any atom is 0.0820 e. The molecule has 2 saturated carbocycles. The third kappa shape index (κ3) is 2.29. The van der Waals surface area contributed by atoms with Gasteiger partial charge in [-0.25, -0.2) is 0 Å². The molecule has 0 radical (unpaired) electrons. The molecule has 4 rings (SSSR count). The van der Waals surface area contributed by atoms with Crippen LogP contribution in [0.2, 0.25) is 0 Å². The highest BCUT2D eigenvalue weighted by molar-refractivity contribution is 5.30. The number of aliphatic hydroxyl groups is 1. The van der Waals surface area contributed by atoms with Gasteiger partial charge >= 0.3 is 0 Å². The molecule has 1 saturated heterocycles. The molecule has 20 heavy (non-hydrogen) atoms. The van der Waals surface area contributed by atoms with Crippen LogP contribution in [0.5, 0.6) is 0 Å². The van der Waals surface area contributed by atoms with Gasteiger partial charge in [0, 0.05) is 6.61 Å². The molecule has 1 spiro atoms. The molecule has 108 valence electrons. The minimum Gasteiger partial charge on any atom is -0.388 e. The molecular weight excluding hydrogens is 248 g/mol. The molecule has 1 heterocycles. The minimum absolute atomic E-state index is 0.123. The fraction of sp³-hybridized carbons (Fsp3) is 0.667. The number of aliphatic hydroxyl groups excluding tert-OH is 1. The number of hydrogen-bond donors (Lipinski definition) is 1. The van der Waals surface area contributed by atoms with Crippen molar-refractivity contribution in [3.63, 3.8) is 0 Å². The summed E-state index contributed by atoms with van der Waals surface area (Å²) in [6, 6.07) is 8.67. The predicted molar refractivity (Wildman–Crippen MR) is 78.6 cm³/mol. The third-order valence-corrected chi connectivity index (χ3v) is 5.54. The average molecular weight is 272 g/mol. The van der Waals surface area contributed by atoms with Crippen molar-refractivity contribution in [2.24, 2.45) is 5.92 Å². The van der Waals surface area contributed by atoms with Crippen LogP contribution in [0.1, 0.15) is 68.1 Å². The summed E-state index contributed by atoms with van der Waals surface area (Å²) in [5.74, 6) is 1.13. The number of benzene rings is 1. The van der Waals surface area contributed by atoms with E-state index in [0.717, 1.165) is 30.9 Å². The van der Waals surface area contributed by atoms with Crippen molar-refractivity contribution in [3.05, 3.63) is 35.4 Å². The summed E-state index contributed by atoms with van der Waals surface area (Å²) in [6.07, 6.45) is 8.05. The van der Waals surface area contributed by atoms with Crippen molar-refractivity contribution in [1.29, 1.82) is 0 Å². The highest BCUT2D eigenvalue weighted by Crippen LogP contribution is 2.47. The van der Waals surface area contributed by atoms with Crippen molar-refractivity contribution in [2.75, 3.05) is 6.61 Å². The standard InChI is InChI=1S/C18H24O2/c19-17(15-4-1-3-14(11-15)13-5-6-13)16-7-10-20-18(12-16)8-2-9-18/h1,3-4,11,13,16-17,19H,2,5-10,12H2. The maximum atomic E-state index is 10.8. The first kappa shape index (κ1) is 12.8. The molecule has 1 N–H and O–H groups in total. The Morgan fingerprint density at radius 1 is 1.20 bits per heavy atom. The van der Waals surface area contributed by atoms with Gasteiger partial charge in [-0.3, -0.25) is 0 Å². The van der Waals surface area contributed by atoms with Gasteiger partial charge in [0.1, 0.15) is 0 Å². The van der Waals surface area contributed by atoms with Gasteiger partial charge in [-0.05, 0) is 67.9 Å². The van der Waals surface area contributed by atoms with Gasteiger partial charge in [0.15, 0.2) is 0 Å². The molecule has 0 aromatic heterocycles. The molecule has 3 fully saturated rings. The van der Waals surface area contributed by atoms with Crippen molar-refractivity contribution in [2.45, 2.75) is 62.6 Å². The van der Waals surface area contributed by atoms with Crippen LogP contribution in [0.3, 0.4) is 0 Å². The van der Waals surface area contributed by atoms with Crippen molar-refractivity contribution >= 4 is 0 Å². The largest absolute Gasteiger partial charge is 0.388 e. The lowest BCUT2D eigenvalue weighted by molar-refractivity contribution is -0.157. The quantitative estimate of drug-likeness (QED) is 0.903. The molecule has 2 nitrogen and oxygen atoms in total. The van der Waals surface area contributed by atoms with Crippen LogP contribution in [0, 0.1) is 5.92 Å². The fourth-order valence-corrected chi connectivity index (χ4v) is 3.94. The van der Waals surface area contributed by atoms with Crippen molar-refractivity contribution in [1.82, 2.24) is 0 Å². The van der Waals surface area contributed by atoms with Gasteiger partial charge in [0.25, 0.3) is 0 Å². The molecule has 1 aromatic carbocycles. The van der Waals surface area contributed by atoms with Crippen LogP contribution in [0.25, 0.3) is 0 Å². The zero-order valence-electron chi connectivity index (χ0n) is 12.1. The molecule has 3 aliphatic rings. The van der Waals surface area contributed by atoms with Crippen molar-refractivity contribution in [3.8, 4) is 0 Å². The second-order valence-corrected chi connectivity index (χ2v) is 7.03. The van der Waals surface area contributed by atoms with Crippen molar-refractivity contribution < 1.29 is 9.84 Å². The van der Waals surface area contributed by atoms with E-state index in [1.165, 1.54) is 37.7 Å². The smallest absolute Gasteiger partial charge is 0.0820 e. The lowest BCUT2D eigenvalue weighted by atomic mass is 9.70. The lowest BCUT2D eigenvalue weighted by Crippen LogP contribution is -2.46. The topological polar surface area (TPSA) is 29.5 Å². The summed E-state index contributed by atoms with van der Waals surface area (Å²) in [5.41, 5.74) is 2.67. The first-order valence-corrected chi connectivity index (χ1v) is 8.18. The van der Waals surface area contributed by atoms with E-state index in [1.807, 2.05) is 0 Å². The molecule has 2 aliphatic carbocycles. The molecule has 2 atom stereocenters. The zero-order valence-corrected chi connectivity index (χ0v) is 12.1. The summed E-state index contributed by atoms with van der Waals surface area (Å²) >= 11 is 0. The highest BCUT2D eigenvalue weighted by Gasteiger charge is 2.44. The average Bonchev–Trinajstić information content (AvgIpc) is 3.30. The summed E-state index contributed by atoms with van der Waals surface area (Å²) in [7, 11) is 0. The van der Waals surface area contributed by atoms with E-state index >= 15 is 0 Å². The van der Waals surface area contributed by atoms with Crippen LogP contribution in [-0.4, -0.2) is 17.3 Å². The fourth-order valence-electron chi connectivity index (χ4n) is 3.94. The van der Waals surface area contributed by atoms with E-state index in [0.29, 0.717) is 5.92 Å². The first-order chi connectivity index (χ1) is 9.76. The highest BCUT2D eigenvalue weighted by atomic mass is 16.5. The van der Waals surface area contributed by atoms with Crippen LogP contribution in [-0.2, 0) is 4.74 Å². The number of ether oxygens (including phenoxy) is 1. The van der Waals surface area contributed by atoms with Gasteiger partial charge in [-0.1, -0.05) is 24.3 Å². The van der Waals surface area contributed by atoms with E-state index in [2.05, 4.69) is 24.3 Å². The summed E-state index contributed by atoms with van der Waals surface area (Å²) in [5, 5.41) is 10.8. The van der Waals surface area contributed by atoms with Crippen LogP contribution < -0.4 is 0 Å². The zero-order chi connectivity index (χ0) is 13.6. The van der Waals surface area contributed by atoms with E-state index < -0.39 is 0 Å². The SMILES string of the molecule is OC(c1cccc(C2CC2)c1)C1CCOC2(CCC2)C1. The second kappa shape index (κ2) is 4.85. The summed E-state index contributed by atoms with van der Waals surface area (Å²) in [4.78, 5) is 0. The monoisotopic (exact) mass is 272 g/mol.